The zero-order valence-corrected chi connectivity index (χ0v) is 15.2. The fourth-order valence-electron chi connectivity index (χ4n) is 2.32. The maximum atomic E-state index is 12.2. The van der Waals surface area contributed by atoms with Crippen molar-refractivity contribution in [3.8, 4) is 5.75 Å². The van der Waals surface area contributed by atoms with Crippen LogP contribution in [0.2, 0.25) is 5.02 Å². The van der Waals surface area contributed by atoms with Gasteiger partial charge in [0.2, 0.25) is 0 Å². The van der Waals surface area contributed by atoms with Crippen LogP contribution in [0.15, 0.2) is 36.4 Å². The van der Waals surface area contributed by atoms with E-state index >= 15 is 0 Å². The normalized spacial score (nSPS) is 11.0. The van der Waals surface area contributed by atoms with E-state index in [-0.39, 0.29) is 5.97 Å². The third kappa shape index (κ3) is 4.14. The number of benzene rings is 1. The molecule has 0 saturated carbocycles. The number of hydrogen-bond donors (Lipinski definition) is 0. The minimum atomic E-state index is -0.312. The van der Waals surface area contributed by atoms with Crippen LogP contribution in [0, 0.1) is 0 Å². The van der Waals surface area contributed by atoms with Gasteiger partial charge in [-0.3, -0.25) is 0 Å². The van der Waals surface area contributed by atoms with Crippen LogP contribution >= 0.6 is 34.3 Å². The highest BCUT2D eigenvalue weighted by Gasteiger charge is 2.14. The molecule has 0 fully saturated rings. The number of fused-ring (bicyclic) bond motifs is 1. The van der Waals surface area contributed by atoms with E-state index in [1.54, 1.807) is 35.6 Å². The smallest absolute Gasteiger partial charge is 0.353 e. The summed E-state index contributed by atoms with van der Waals surface area (Å²) in [5, 5.41) is 0.622. The Hall–Kier alpha value is -1.36. The summed E-state index contributed by atoms with van der Waals surface area (Å²) in [7, 11) is 0. The highest BCUT2D eigenvalue weighted by molar-refractivity contribution is 7.28. The van der Waals surface area contributed by atoms with Crippen molar-refractivity contribution >= 4 is 49.6 Å². The van der Waals surface area contributed by atoms with Gasteiger partial charge in [-0.25, -0.2) is 4.79 Å². The highest BCUT2D eigenvalue weighted by atomic mass is 35.5. The van der Waals surface area contributed by atoms with Gasteiger partial charge >= 0.3 is 5.97 Å². The predicted octanol–water partition coefficient (Wildman–Crippen LogP) is 6.57. The lowest BCUT2D eigenvalue weighted by molar-refractivity contribution is 0.0740. The van der Waals surface area contributed by atoms with Gasteiger partial charge in [-0.15, -0.1) is 22.7 Å². The first-order valence-corrected chi connectivity index (χ1v) is 9.67. The van der Waals surface area contributed by atoms with Crippen molar-refractivity contribution in [1.29, 1.82) is 0 Å². The Morgan fingerprint density at radius 1 is 1.09 bits per heavy atom. The second-order valence-corrected chi connectivity index (χ2v) is 8.04. The summed E-state index contributed by atoms with van der Waals surface area (Å²) in [6.45, 7) is 2.21. The predicted molar refractivity (Wildman–Crippen MR) is 99.3 cm³/mol. The summed E-state index contributed by atoms with van der Waals surface area (Å²) in [5.41, 5.74) is 0. The second-order valence-electron chi connectivity index (χ2n) is 5.35. The number of ether oxygens (including phenoxy) is 1. The number of rotatable bonds is 6. The molecular weight excluding hydrogens is 348 g/mol. The zero-order chi connectivity index (χ0) is 16.2. The molecule has 23 heavy (non-hydrogen) atoms. The Morgan fingerprint density at radius 3 is 2.52 bits per heavy atom. The fraction of sp³-hybridized carbons (Fsp3) is 0.278. The first-order chi connectivity index (χ1) is 11.2. The summed E-state index contributed by atoms with van der Waals surface area (Å²) in [6, 6.07) is 11.0. The molecule has 2 aromatic heterocycles. The number of unbranched alkanes of at least 4 members (excludes halogenated alkanes) is 2. The minimum Gasteiger partial charge on any atom is -0.422 e. The molecule has 0 aliphatic heterocycles. The molecule has 0 N–H and O–H groups in total. The van der Waals surface area contributed by atoms with Crippen LogP contribution in [0.25, 0.3) is 9.40 Å². The number of hydrogen-bond acceptors (Lipinski definition) is 4. The van der Waals surface area contributed by atoms with Gasteiger partial charge in [-0.05, 0) is 49.2 Å². The van der Waals surface area contributed by atoms with Crippen molar-refractivity contribution in [1.82, 2.24) is 0 Å². The third-order valence-corrected chi connectivity index (χ3v) is 6.10. The van der Waals surface area contributed by atoms with Crippen molar-refractivity contribution in [3.05, 3.63) is 51.2 Å². The molecule has 0 unspecified atom stereocenters. The summed E-state index contributed by atoms with van der Waals surface area (Å²) >= 11 is 9.10. The van der Waals surface area contributed by atoms with Gasteiger partial charge in [0.05, 0.1) is 0 Å². The average molecular weight is 365 g/mol. The van der Waals surface area contributed by atoms with E-state index in [2.05, 4.69) is 13.0 Å². The Kier molecular flexibility index (Phi) is 5.36. The van der Waals surface area contributed by atoms with Crippen LogP contribution in [0.1, 0.15) is 40.7 Å². The number of thiophene rings is 2. The van der Waals surface area contributed by atoms with E-state index in [1.165, 1.54) is 44.9 Å². The first kappa shape index (κ1) is 16.5. The quantitative estimate of drug-likeness (QED) is 0.281. The minimum absolute atomic E-state index is 0.312. The van der Waals surface area contributed by atoms with Crippen LogP contribution < -0.4 is 4.74 Å². The Balaban J connectivity index is 1.69. The zero-order valence-electron chi connectivity index (χ0n) is 12.8. The molecule has 120 valence electrons. The second kappa shape index (κ2) is 7.47. The number of aryl methyl sites for hydroxylation is 1. The number of carbonyl (C=O) groups is 1. The Bertz CT molecular complexity index is 771. The summed E-state index contributed by atoms with van der Waals surface area (Å²) in [6.07, 6.45) is 4.87. The average Bonchev–Trinajstić information content (AvgIpc) is 3.08. The molecule has 0 aliphatic rings. The summed E-state index contributed by atoms with van der Waals surface area (Å²) in [4.78, 5) is 14.3. The van der Waals surface area contributed by atoms with Crippen molar-refractivity contribution in [2.24, 2.45) is 0 Å². The molecule has 0 bridgehead atoms. The first-order valence-electron chi connectivity index (χ1n) is 7.65. The lowest BCUT2D eigenvalue weighted by Gasteiger charge is -2.02. The van der Waals surface area contributed by atoms with Crippen molar-refractivity contribution in [2.45, 2.75) is 32.6 Å². The van der Waals surface area contributed by atoms with Gasteiger partial charge in [-0.1, -0.05) is 31.4 Å². The summed E-state index contributed by atoms with van der Waals surface area (Å²) in [5.74, 6) is 0.199. The van der Waals surface area contributed by atoms with Crippen molar-refractivity contribution in [2.75, 3.05) is 0 Å². The Morgan fingerprint density at radius 2 is 1.83 bits per heavy atom. The molecular formula is C18H17ClO2S2. The molecule has 2 heterocycles. The van der Waals surface area contributed by atoms with Crippen LogP contribution in [-0.2, 0) is 6.42 Å². The van der Waals surface area contributed by atoms with Gasteiger partial charge in [0.1, 0.15) is 10.6 Å². The molecule has 0 amide bonds. The number of carbonyl (C=O) groups excluding carboxylic acids is 1. The molecule has 0 saturated heterocycles. The summed E-state index contributed by atoms with van der Waals surface area (Å²) < 4.78 is 7.72. The van der Waals surface area contributed by atoms with Crippen LogP contribution in [0.5, 0.6) is 5.75 Å². The van der Waals surface area contributed by atoms with E-state index in [1.807, 2.05) is 6.07 Å². The van der Waals surface area contributed by atoms with Gasteiger partial charge in [0.15, 0.2) is 0 Å². The van der Waals surface area contributed by atoms with Gasteiger partial charge in [-0.2, -0.15) is 0 Å². The number of halogens is 1. The van der Waals surface area contributed by atoms with Crippen LogP contribution in [-0.4, -0.2) is 5.97 Å². The highest BCUT2D eigenvalue weighted by Crippen LogP contribution is 2.34. The van der Waals surface area contributed by atoms with E-state index in [9.17, 15) is 4.79 Å². The van der Waals surface area contributed by atoms with Crippen molar-refractivity contribution < 1.29 is 9.53 Å². The molecule has 3 aromatic rings. The molecule has 0 radical (unpaired) electrons. The third-order valence-electron chi connectivity index (χ3n) is 3.51. The van der Waals surface area contributed by atoms with Gasteiger partial charge in [0.25, 0.3) is 0 Å². The SMILES string of the molecule is CCCCCc1cc2sc(C(=O)Oc3ccc(Cl)cc3)cc2s1. The fourth-order valence-corrected chi connectivity index (χ4v) is 4.79. The molecule has 1 aromatic carbocycles. The van der Waals surface area contributed by atoms with E-state index < -0.39 is 0 Å². The van der Waals surface area contributed by atoms with Crippen LogP contribution in [0.4, 0.5) is 0 Å². The molecule has 0 aliphatic carbocycles. The molecule has 0 atom stereocenters. The van der Waals surface area contributed by atoms with E-state index in [4.69, 9.17) is 16.3 Å². The topological polar surface area (TPSA) is 26.3 Å². The van der Waals surface area contributed by atoms with Crippen molar-refractivity contribution in [3.63, 3.8) is 0 Å². The van der Waals surface area contributed by atoms with Crippen LogP contribution in [0.3, 0.4) is 0 Å². The number of esters is 1. The molecule has 5 heteroatoms. The Labute approximate surface area is 148 Å². The monoisotopic (exact) mass is 364 g/mol. The lowest BCUT2D eigenvalue weighted by Crippen LogP contribution is -2.05. The van der Waals surface area contributed by atoms with Gasteiger partial charge < -0.3 is 4.74 Å². The maximum Gasteiger partial charge on any atom is 0.353 e. The lowest BCUT2D eigenvalue weighted by atomic mass is 10.2. The molecule has 0 spiro atoms. The maximum absolute atomic E-state index is 12.2. The molecule has 3 rings (SSSR count). The van der Waals surface area contributed by atoms with E-state index in [0.29, 0.717) is 15.6 Å². The largest absolute Gasteiger partial charge is 0.422 e. The molecule has 2 nitrogen and oxygen atoms in total. The van der Waals surface area contributed by atoms with E-state index in [0.717, 1.165) is 6.42 Å². The standard InChI is InChI=1S/C18H17ClO2S2/c1-2-3-4-5-14-10-15-16(22-14)11-17(23-15)18(20)21-13-8-6-12(19)7-9-13/h6-11H,2-5H2,1H3. The van der Waals surface area contributed by atoms with Gasteiger partial charge in [0, 0.05) is 19.3 Å².